The summed E-state index contributed by atoms with van der Waals surface area (Å²) < 4.78 is 64.9. The van der Waals surface area contributed by atoms with Crippen LogP contribution in [-0.2, 0) is 16.0 Å². The molecular formula is C27H25Cl2F3N4O3S. The van der Waals surface area contributed by atoms with E-state index in [1.165, 1.54) is 36.8 Å². The number of anilines is 2. The van der Waals surface area contributed by atoms with Crippen molar-refractivity contribution in [1.29, 1.82) is 0 Å². The summed E-state index contributed by atoms with van der Waals surface area (Å²) in [6.07, 6.45) is 0.574. The molecule has 1 fully saturated rings. The number of carbonyl (C=O) groups is 1. The largest absolute Gasteiger partial charge is 0.416 e. The van der Waals surface area contributed by atoms with Gasteiger partial charge in [0, 0.05) is 54.0 Å². The lowest BCUT2D eigenvalue weighted by Crippen LogP contribution is -2.42. The van der Waals surface area contributed by atoms with Crippen LogP contribution in [0.15, 0.2) is 84.1 Å². The van der Waals surface area contributed by atoms with Crippen molar-refractivity contribution in [2.45, 2.75) is 29.2 Å². The number of benzene rings is 2. The Labute approximate surface area is 241 Å². The minimum atomic E-state index is -4.45. The molecule has 212 valence electrons. The number of hydrogen-bond donors (Lipinski definition) is 1. The number of sulfone groups is 1. The first-order valence-electron chi connectivity index (χ1n) is 11.9. The van der Waals surface area contributed by atoms with Crippen LogP contribution in [0.1, 0.15) is 28.8 Å². The van der Waals surface area contributed by atoms with Crippen molar-refractivity contribution in [3.63, 3.8) is 0 Å². The maximum absolute atomic E-state index is 13.0. The highest BCUT2D eigenvalue weighted by Crippen LogP contribution is 2.33. The Kier molecular flexibility index (Phi) is 9.65. The molecule has 0 aliphatic carbocycles. The Morgan fingerprint density at radius 1 is 0.900 bits per heavy atom. The summed E-state index contributed by atoms with van der Waals surface area (Å²) in [6.45, 7) is 0.660. The van der Waals surface area contributed by atoms with Gasteiger partial charge in [0.05, 0.1) is 21.2 Å². The molecule has 4 aromatic rings. The topological polar surface area (TPSA) is 92.3 Å². The van der Waals surface area contributed by atoms with Gasteiger partial charge in [-0.1, -0.05) is 6.07 Å². The Hall–Kier alpha value is -3.41. The van der Waals surface area contributed by atoms with Crippen molar-refractivity contribution in [2.75, 3.05) is 18.4 Å². The van der Waals surface area contributed by atoms with Gasteiger partial charge in [0.15, 0.2) is 9.84 Å². The van der Waals surface area contributed by atoms with E-state index in [0.29, 0.717) is 48.3 Å². The molecule has 0 bridgehead atoms. The van der Waals surface area contributed by atoms with Gasteiger partial charge in [-0.05, 0) is 67.4 Å². The second-order valence-corrected chi connectivity index (χ2v) is 11.2. The number of pyridine rings is 2. The monoisotopic (exact) mass is 612 g/mol. The van der Waals surface area contributed by atoms with Gasteiger partial charge >= 0.3 is 6.18 Å². The fourth-order valence-corrected chi connectivity index (χ4v) is 6.27. The number of hydrogen-bond acceptors (Lipinski definition) is 6. The van der Waals surface area contributed by atoms with E-state index < -0.39 is 26.8 Å². The molecule has 0 atom stereocenters. The van der Waals surface area contributed by atoms with Gasteiger partial charge in [0.2, 0.25) is 0 Å². The fourth-order valence-electron chi connectivity index (χ4n) is 4.56. The van der Waals surface area contributed by atoms with Gasteiger partial charge in [-0.25, -0.2) is 8.42 Å². The van der Waals surface area contributed by atoms with Crippen molar-refractivity contribution < 1.29 is 26.4 Å². The van der Waals surface area contributed by atoms with Crippen LogP contribution in [0.2, 0.25) is 0 Å². The summed E-state index contributed by atoms with van der Waals surface area (Å²) >= 11 is 0. The molecule has 7 nitrogen and oxygen atoms in total. The zero-order chi connectivity index (χ0) is 26.9. The summed E-state index contributed by atoms with van der Waals surface area (Å²) in [5.41, 5.74) is 1.14. The van der Waals surface area contributed by atoms with Crippen LogP contribution >= 0.6 is 24.8 Å². The lowest BCUT2D eigenvalue weighted by Gasteiger charge is -2.31. The molecule has 1 aliphatic heterocycles. The fraction of sp³-hybridized carbons (Fsp3) is 0.222. The first kappa shape index (κ1) is 31.1. The van der Waals surface area contributed by atoms with Gasteiger partial charge in [0.1, 0.15) is 0 Å². The van der Waals surface area contributed by atoms with Gasteiger partial charge in [-0.3, -0.25) is 14.8 Å². The number of alkyl halides is 3. The standard InChI is InChI=1S/C27H23F3N4O3S.2ClH/c28-27(29,30)19-3-6-23-24(9-14-32-25(23)17-19)33-20-4-1-18(2-5-20)26(35)34-15-10-22(11-16-34)38(36,37)21-7-12-31-13-8-21;;/h1-9,12-14,17,22H,10-11,15-16H2,(H,32,33);2*1H. The summed E-state index contributed by atoms with van der Waals surface area (Å²) in [6, 6.07) is 14.8. The molecule has 0 spiro atoms. The van der Waals surface area contributed by atoms with Gasteiger partial charge in [-0.15, -0.1) is 24.8 Å². The number of likely N-dealkylation sites (tertiary alicyclic amines) is 1. The Morgan fingerprint density at radius 3 is 2.17 bits per heavy atom. The highest BCUT2D eigenvalue weighted by atomic mass is 35.5. The van der Waals surface area contributed by atoms with E-state index >= 15 is 0 Å². The normalized spacial score (nSPS) is 14.2. The van der Waals surface area contributed by atoms with Gasteiger partial charge < -0.3 is 10.2 Å². The number of piperidine rings is 1. The minimum absolute atomic E-state index is 0. The lowest BCUT2D eigenvalue weighted by molar-refractivity contribution is -0.137. The van der Waals surface area contributed by atoms with Crippen molar-refractivity contribution in [1.82, 2.24) is 14.9 Å². The highest BCUT2D eigenvalue weighted by Gasteiger charge is 2.33. The predicted octanol–water partition coefficient (Wildman–Crippen LogP) is 6.31. The summed E-state index contributed by atoms with van der Waals surface area (Å²) in [5.74, 6) is -0.189. The molecule has 0 saturated carbocycles. The smallest absolute Gasteiger partial charge is 0.355 e. The number of halogens is 5. The molecule has 2 aromatic heterocycles. The third kappa shape index (κ3) is 6.48. The van der Waals surface area contributed by atoms with Gasteiger partial charge in [-0.2, -0.15) is 13.2 Å². The van der Waals surface area contributed by atoms with Crippen LogP contribution in [0.5, 0.6) is 0 Å². The number of aromatic nitrogens is 2. The first-order valence-corrected chi connectivity index (χ1v) is 13.4. The molecular weight excluding hydrogens is 588 g/mol. The number of carbonyl (C=O) groups excluding carboxylic acids is 1. The third-order valence-electron chi connectivity index (χ3n) is 6.63. The molecule has 3 heterocycles. The predicted molar refractivity (Wildman–Crippen MR) is 151 cm³/mol. The van der Waals surface area contributed by atoms with Crippen LogP contribution in [0.25, 0.3) is 10.9 Å². The average molecular weight is 613 g/mol. The molecule has 0 radical (unpaired) electrons. The molecule has 0 unspecified atom stereocenters. The van der Waals surface area contributed by atoms with Crippen LogP contribution in [0.3, 0.4) is 0 Å². The average Bonchev–Trinajstić information content (AvgIpc) is 2.93. The van der Waals surface area contributed by atoms with E-state index in [-0.39, 0.29) is 41.1 Å². The quantitative estimate of drug-likeness (QED) is 0.284. The number of rotatable bonds is 5. The molecule has 13 heteroatoms. The maximum Gasteiger partial charge on any atom is 0.416 e. The minimum Gasteiger partial charge on any atom is -0.355 e. The molecule has 1 N–H and O–H groups in total. The van der Waals surface area contributed by atoms with E-state index in [9.17, 15) is 26.4 Å². The van der Waals surface area contributed by atoms with Crippen molar-refractivity contribution in [3.8, 4) is 0 Å². The van der Waals surface area contributed by atoms with E-state index in [0.717, 1.165) is 12.1 Å². The van der Waals surface area contributed by atoms with Crippen molar-refractivity contribution in [3.05, 3.63) is 90.4 Å². The highest BCUT2D eigenvalue weighted by molar-refractivity contribution is 7.92. The summed E-state index contributed by atoms with van der Waals surface area (Å²) in [7, 11) is -3.48. The third-order valence-corrected chi connectivity index (χ3v) is 8.91. The molecule has 1 saturated heterocycles. The van der Waals surface area contributed by atoms with Crippen LogP contribution in [0.4, 0.5) is 24.5 Å². The number of nitrogens with zero attached hydrogens (tertiary/aromatic N) is 3. The van der Waals surface area contributed by atoms with E-state index in [4.69, 9.17) is 0 Å². The van der Waals surface area contributed by atoms with E-state index in [1.54, 1.807) is 35.2 Å². The molecule has 5 rings (SSSR count). The summed E-state index contributed by atoms with van der Waals surface area (Å²) in [5, 5.41) is 3.15. The maximum atomic E-state index is 13.0. The Balaban J connectivity index is 0.00000220. The lowest BCUT2D eigenvalue weighted by atomic mass is 10.1. The summed E-state index contributed by atoms with van der Waals surface area (Å²) in [4.78, 5) is 22.8. The first-order chi connectivity index (χ1) is 18.1. The van der Waals surface area contributed by atoms with Crippen LogP contribution in [-0.4, -0.2) is 47.5 Å². The van der Waals surface area contributed by atoms with Crippen molar-refractivity contribution in [2.24, 2.45) is 0 Å². The SMILES string of the molecule is Cl.Cl.O=C(c1ccc(Nc2ccnc3cc(C(F)(F)F)ccc23)cc1)N1CCC(S(=O)(=O)c2ccncc2)CC1. The number of nitrogens with one attached hydrogen (secondary N) is 1. The molecule has 40 heavy (non-hydrogen) atoms. The van der Waals surface area contributed by atoms with Gasteiger partial charge in [0.25, 0.3) is 5.91 Å². The molecule has 1 amide bonds. The molecule has 2 aromatic carbocycles. The van der Waals surface area contributed by atoms with Crippen molar-refractivity contribution >= 4 is 62.8 Å². The van der Waals surface area contributed by atoms with Crippen LogP contribution in [0, 0.1) is 0 Å². The zero-order valence-electron chi connectivity index (χ0n) is 20.8. The number of amides is 1. The Bertz CT molecular complexity index is 1580. The van der Waals surface area contributed by atoms with E-state index in [1.807, 2.05) is 0 Å². The Morgan fingerprint density at radius 2 is 1.55 bits per heavy atom. The second-order valence-electron chi connectivity index (χ2n) is 9.01. The number of fused-ring (bicyclic) bond motifs is 1. The van der Waals surface area contributed by atoms with Crippen LogP contribution < -0.4 is 5.32 Å². The zero-order valence-corrected chi connectivity index (χ0v) is 23.3. The van der Waals surface area contributed by atoms with E-state index in [2.05, 4.69) is 15.3 Å². The second kappa shape index (κ2) is 12.4. The molecule has 1 aliphatic rings.